The first kappa shape index (κ1) is 16.5. The number of aryl methyl sites for hydroxylation is 1. The zero-order valence-corrected chi connectivity index (χ0v) is 14.5. The quantitative estimate of drug-likeness (QED) is 0.747. The van der Waals surface area contributed by atoms with E-state index in [0.717, 1.165) is 18.4 Å². The summed E-state index contributed by atoms with van der Waals surface area (Å²) in [5, 5.41) is 3.25. The molecule has 0 aliphatic carbocycles. The van der Waals surface area contributed by atoms with Crippen LogP contribution >= 0.6 is 11.3 Å². The average molecular weight is 370 g/mol. The van der Waals surface area contributed by atoms with Crippen molar-refractivity contribution in [3.63, 3.8) is 0 Å². The topological polar surface area (TPSA) is 62.6 Å². The maximum Gasteiger partial charge on any atom is 0.291 e. The number of nitrogens with one attached hydrogen (secondary N) is 1. The van der Waals surface area contributed by atoms with Crippen LogP contribution in [0.2, 0.25) is 0 Å². The fourth-order valence-electron chi connectivity index (χ4n) is 2.99. The summed E-state index contributed by atoms with van der Waals surface area (Å²) in [7, 11) is 0. The second kappa shape index (κ2) is 6.76. The van der Waals surface area contributed by atoms with E-state index in [1.807, 2.05) is 0 Å². The minimum absolute atomic E-state index is 0.194. The molecule has 2 amide bonds. The molecule has 3 aromatic rings. The van der Waals surface area contributed by atoms with Gasteiger partial charge in [0.05, 0.1) is 21.8 Å². The summed E-state index contributed by atoms with van der Waals surface area (Å²) in [6.07, 6.45) is 3.08. The first-order valence-electron chi connectivity index (χ1n) is 8.17. The van der Waals surface area contributed by atoms with Crippen molar-refractivity contribution < 1.29 is 18.4 Å². The molecule has 0 atom stereocenters. The number of rotatable bonds is 3. The Morgan fingerprint density at radius 3 is 2.88 bits per heavy atom. The number of furan rings is 1. The van der Waals surface area contributed by atoms with Crippen molar-refractivity contribution in [2.45, 2.75) is 12.8 Å². The van der Waals surface area contributed by atoms with E-state index in [1.165, 1.54) is 29.7 Å². The Bertz CT molecular complexity index is 965. The highest BCUT2D eigenvalue weighted by molar-refractivity contribution is 7.18. The molecule has 7 heteroatoms. The third-order valence-corrected chi connectivity index (χ3v) is 5.20. The number of halogens is 1. The van der Waals surface area contributed by atoms with Gasteiger partial charge in [-0.15, -0.1) is 11.3 Å². The van der Waals surface area contributed by atoms with Crippen molar-refractivity contribution in [2.24, 2.45) is 0 Å². The summed E-state index contributed by atoms with van der Waals surface area (Å²) in [4.78, 5) is 27.0. The molecule has 0 spiro atoms. The monoisotopic (exact) mass is 370 g/mol. The molecule has 0 saturated carbocycles. The number of nitrogens with zero attached hydrogens (tertiary/aromatic N) is 1. The minimum atomic E-state index is -0.374. The van der Waals surface area contributed by atoms with Gasteiger partial charge in [0.15, 0.2) is 5.76 Å². The highest BCUT2D eigenvalue weighted by Crippen LogP contribution is 2.31. The zero-order chi connectivity index (χ0) is 18.1. The van der Waals surface area contributed by atoms with Gasteiger partial charge in [0, 0.05) is 6.54 Å². The molecule has 0 saturated heterocycles. The fourth-order valence-corrected chi connectivity index (χ4v) is 3.84. The summed E-state index contributed by atoms with van der Waals surface area (Å²) in [5.74, 6) is -0.728. The average Bonchev–Trinajstić information content (AvgIpc) is 3.32. The number of anilines is 2. The number of amides is 2. The van der Waals surface area contributed by atoms with E-state index < -0.39 is 0 Å². The normalized spacial score (nSPS) is 13.3. The lowest BCUT2D eigenvalue weighted by molar-refractivity contribution is 0.0984. The molecule has 0 radical (unpaired) electrons. The molecule has 26 heavy (non-hydrogen) atoms. The molecule has 4 rings (SSSR count). The van der Waals surface area contributed by atoms with Gasteiger partial charge in [0.1, 0.15) is 5.82 Å². The van der Waals surface area contributed by atoms with Gasteiger partial charge in [-0.05, 0) is 54.8 Å². The van der Waals surface area contributed by atoms with Gasteiger partial charge in [-0.2, -0.15) is 0 Å². The number of thiophene rings is 1. The van der Waals surface area contributed by atoms with Gasteiger partial charge in [-0.25, -0.2) is 4.39 Å². The van der Waals surface area contributed by atoms with Crippen LogP contribution in [0, 0.1) is 5.82 Å². The van der Waals surface area contributed by atoms with E-state index in [4.69, 9.17) is 4.42 Å². The molecule has 2 aromatic heterocycles. The van der Waals surface area contributed by atoms with Crippen molar-refractivity contribution in [1.82, 2.24) is 0 Å². The molecule has 0 unspecified atom stereocenters. The van der Waals surface area contributed by atoms with Crippen molar-refractivity contribution in [1.29, 1.82) is 0 Å². The Kier molecular flexibility index (Phi) is 4.30. The standard InChI is InChI=1S/C19H15FN2O3S/c20-13-6-5-12-3-1-9-22(14(12)11-13)19(24)16-7-8-17(26-16)21-18(23)15-4-2-10-25-15/h2,4-8,10-11H,1,3,9H2,(H,21,23). The third-order valence-electron chi connectivity index (χ3n) is 4.21. The lowest BCUT2D eigenvalue weighted by Crippen LogP contribution is -2.35. The van der Waals surface area contributed by atoms with Crippen LogP contribution in [0.5, 0.6) is 0 Å². The number of fused-ring (bicyclic) bond motifs is 1. The summed E-state index contributed by atoms with van der Waals surface area (Å²) in [6.45, 7) is 0.543. The Morgan fingerprint density at radius 1 is 1.19 bits per heavy atom. The fraction of sp³-hybridized carbons (Fsp3) is 0.158. The third kappa shape index (κ3) is 3.13. The minimum Gasteiger partial charge on any atom is -0.459 e. The molecule has 1 N–H and O–H groups in total. The first-order valence-corrected chi connectivity index (χ1v) is 8.98. The summed E-state index contributed by atoms with van der Waals surface area (Å²) in [6, 6.07) is 11.1. The van der Waals surface area contributed by atoms with Crippen LogP contribution in [0.1, 0.15) is 32.2 Å². The summed E-state index contributed by atoms with van der Waals surface area (Å²) >= 11 is 1.18. The molecule has 1 aliphatic rings. The highest BCUT2D eigenvalue weighted by atomic mass is 32.1. The second-order valence-corrected chi connectivity index (χ2v) is 7.01. The smallest absolute Gasteiger partial charge is 0.291 e. The maximum atomic E-state index is 13.6. The van der Waals surface area contributed by atoms with Crippen LogP contribution < -0.4 is 10.2 Å². The Hall–Kier alpha value is -2.93. The predicted molar refractivity (Wildman–Crippen MR) is 97.4 cm³/mol. The molecule has 1 aromatic carbocycles. The number of benzene rings is 1. The molecule has 0 bridgehead atoms. The zero-order valence-electron chi connectivity index (χ0n) is 13.7. The van der Waals surface area contributed by atoms with Crippen LogP contribution in [0.25, 0.3) is 0 Å². The number of hydrogen-bond acceptors (Lipinski definition) is 4. The SMILES string of the molecule is O=C(Nc1ccc(C(=O)N2CCCc3ccc(F)cc32)s1)c1ccco1. The highest BCUT2D eigenvalue weighted by Gasteiger charge is 2.25. The van der Waals surface area contributed by atoms with Crippen LogP contribution in [0.3, 0.4) is 0 Å². The molecule has 132 valence electrons. The lowest BCUT2D eigenvalue weighted by Gasteiger charge is -2.29. The van der Waals surface area contributed by atoms with Crippen LogP contribution in [-0.4, -0.2) is 18.4 Å². The van der Waals surface area contributed by atoms with Gasteiger partial charge in [0.25, 0.3) is 11.8 Å². The maximum absolute atomic E-state index is 13.6. The number of carbonyl (C=O) groups excluding carboxylic acids is 2. The van der Waals surface area contributed by atoms with Crippen molar-refractivity contribution in [3.8, 4) is 0 Å². The number of carbonyl (C=O) groups is 2. The van der Waals surface area contributed by atoms with Crippen LogP contribution in [0.4, 0.5) is 15.1 Å². The van der Waals surface area contributed by atoms with E-state index in [-0.39, 0.29) is 23.4 Å². The van der Waals surface area contributed by atoms with Crippen LogP contribution in [-0.2, 0) is 6.42 Å². The molecule has 1 aliphatic heterocycles. The van der Waals surface area contributed by atoms with E-state index in [2.05, 4.69) is 5.32 Å². The Morgan fingerprint density at radius 2 is 2.08 bits per heavy atom. The van der Waals surface area contributed by atoms with Crippen molar-refractivity contribution >= 4 is 33.8 Å². The lowest BCUT2D eigenvalue weighted by atomic mass is 10.0. The predicted octanol–water partition coefficient (Wildman–Crippen LogP) is 4.33. The molecule has 5 nitrogen and oxygen atoms in total. The molecule has 3 heterocycles. The molecular weight excluding hydrogens is 355 g/mol. The largest absolute Gasteiger partial charge is 0.459 e. The van der Waals surface area contributed by atoms with E-state index in [1.54, 1.807) is 35.2 Å². The van der Waals surface area contributed by atoms with Gasteiger partial charge in [-0.1, -0.05) is 6.07 Å². The summed E-state index contributed by atoms with van der Waals surface area (Å²) < 4.78 is 18.7. The van der Waals surface area contributed by atoms with Crippen molar-refractivity contribution in [3.05, 3.63) is 70.7 Å². The van der Waals surface area contributed by atoms with Crippen molar-refractivity contribution in [2.75, 3.05) is 16.8 Å². The molecular formula is C19H15FN2O3S. The van der Waals surface area contributed by atoms with Gasteiger partial charge >= 0.3 is 0 Å². The number of hydrogen-bond donors (Lipinski definition) is 1. The first-order chi connectivity index (χ1) is 12.6. The summed E-state index contributed by atoms with van der Waals surface area (Å²) in [5.41, 5.74) is 1.59. The van der Waals surface area contributed by atoms with Crippen LogP contribution in [0.15, 0.2) is 53.1 Å². The van der Waals surface area contributed by atoms with Gasteiger partial charge < -0.3 is 14.6 Å². The van der Waals surface area contributed by atoms with Gasteiger partial charge in [0.2, 0.25) is 0 Å². The Labute approximate surface area is 153 Å². The Balaban J connectivity index is 1.54. The molecule has 0 fully saturated rings. The van der Waals surface area contributed by atoms with E-state index in [9.17, 15) is 14.0 Å². The van der Waals surface area contributed by atoms with E-state index >= 15 is 0 Å². The second-order valence-electron chi connectivity index (χ2n) is 5.93. The van der Waals surface area contributed by atoms with Gasteiger partial charge in [-0.3, -0.25) is 9.59 Å². The van der Waals surface area contributed by atoms with E-state index in [0.29, 0.717) is 22.1 Å².